The van der Waals surface area contributed by atoms with Crippen molar-refractivity contribution in [3.63, 3.8) is 0 Å². The average Bonchev–Trinajstić information content (AvgIpc) is 3.07. The zero-order valence-electron chi connectivity index (χ0n) is 12.9. The number of nitrogens with zero attached hydrogens (tertiary/aromatic N) is 2. The van der Waals surface area contributed by atoms with E-state index < -0.39 is 10.0 Å². The zero-order chi connectivity index (χ0) is 16.3. The van der Waals surface area contributed by atoms with Gasteiger partial charge in [-0.25, -0.2) is 17.7 Å². The Kier molecular flexibility index (Phi) is 5.20. The van der Waals surface area contributed by atoms with Crippen molar-refractivity contribution >= 4 is 15.9 Å². The van der Waals surface area contributed by atoms with E-state index in [1.165, 1.54) is 24.8 Å². The molecule has 1 N–H and O–H groups in total. The molecular formula is C13H21N3O5S. The molecule has 1 aromatic rings. The maximum absolute atomic E-state index is 12.2. The van der Waals surface area contributed by atoms with E-state index in [-0.39, 0.29) is 29.3 Å². The number of carbonyl (C=O) groups is 1. The lowest BCUT2D eigenvalue weighted by molar-refractivity contribution is 0.0919. The predicted molar refractivity (Wildman–Crippen MR) is 78.9 cm³/mol. The highest BCUT2D eigenvalue weighted by Gasteiger charge is 2.34. The Balaban J connectivity index is 2.04. The first-order chi connectivity index (χ1) is 10.3. The van der Waals surface area contributed by atoms with Gasteiger partial charge in [-0.1, -0.05) is 6.92 Å². The summed E-state index contributed by atoms with van der Waals surface area (Å²) < 4.78 is 35.6. The fourth-order valence-corrected chi connectivity index (χ4v) is 3.45. The Morgan fingerprint density at radius 2 is 2.18 bits per heavy atom. The first-order valence-corrected chi connectivity index (χ1v) is 8.67. The summed E-state index contributed by atoms with van der Waals surface area (Å²) >= 11 is 0. The van der Waals surface area contributed by atoms with Crippen LogP contribution in [0.2, 0.25) is 0 Å². The van der Waals surface area contributed by atoms with E-state index in [0.29, 0.717) is 25.4 Å². The molecule has 8 nitrogen and oxygen atoms in total. The quantitative estimate of drug-likeness (QED) is 0.779. The summed E-state index contributed by atoms with van der Waals surface area (Å²) in [4.78, 5) is 16.1. The minimum Gasteiger partial charge on any atom is -0.448 e. The van der Waals surface area contributed by atoms with Crippen molar-refractivity contribution in [2.45, 2.75) is 19.4 Å². The molecule has 22 heavy (non-hydrogen) atoms. The Morgan fingerprint density at radius 3 is 2.82 bits per heavy atom. The molecule has 2 heterocycles. The van der Waals surface area contributed by atoms with Crippen LogP contribution in [0.1, 0.15) is 23.2 Å². The van der Waals surface area contributed by atoms with E-state index in [2.05, 4.69) is 10.3 Å². The van der Waals surface area contributed by atoms with Crippen LogP contribution in [0.15, 0.2) is 10.8 Å². The number of ether oxygens (including phenoxy) is 1. The number of hydrogen-bond acceptors (Lipinski definition) is 6. The van der Waals surface area contributed by atoms with Gasteiger partial charge in [0.1, 0.15) is 5.76 Å². The number of aryl methyl sites for hydroxylation is 1. The summed E-state index contributed by atoms with van der Waals surface area (Å²) in [5, 5.41) is 2.80. The predicted octanol–water partition coefficient (Wildman–Crippen LogP) is -0.127. The van der Waals surface area contributed by atoms with E-state index in [0.717, 1.165) is 0 Å². The van der Waals surface area contributed by atoms with Crippen molar-refractivity contribution in [3.05, 3.63) is 17.8 Å². The van der Waals surface area contributed by atoms with Crippen molar-refractivity contribution < 1.29 is 22.4 Å². The topological polar surface area (TPSA) is 102 Å². The molecule has 0 saturated carbocycles. The molecule has 0 spiro atoms. The lowest BCUT2D eigenvalue weighted by Gasteiger charge is -2.20. The third-order valence-corrected chi connectivity index (χ3v) is 5.64. The number of carbonyl (C=O) groups excluding carboxylic acids is 1. The fraction of sp³-hybridized carbons (Fsp3) is 0.692. The lowest BCUT2D eigenvalue weighted by atomic mass is 10.1. The molecule has 2 atom stereocenters. The molecule has 0 radical (unpaired) electrons. The summed E-state index contributed by atoms with van der Waals surface area (Å²) in [6.07, 6.45) is 1.79. The Labute approximate surface area is 129 Å². The Hall–Kier alpha value is -1.45. The fourth-order valence-electron chi connectivity index (χ4n) is 2.29. The molecule has 0 aliphatic carbocycles. The largest absolute Gasteiger partial charge is 0.448 e. The molecule has 0 aromatic carbocycles. The smallest absolute Gasteiger partial charge is 0.273 e. The highest BCUT2D eigenvalue weighted by molar-refractivity contribution is 7.89. The monoisotopic (exact) mass is 331 g/mol. The molecule has 1 amide bonds. The molecule has 2 rings (SSSR count). The van der Waals surface area contributed by atoms with Crippen molar-refractivity contribution in [1.82, 2.24) is 14.6 Å². The molecule has 1 saturated heterocycles. The Morgan fingerprint density at radius 1 is 1.45 bits per heavy atom. The molecular weight excluding hydrogens is 310 g/mol. The summed E-state index contributed by atoms with van der Waals surface area (Å²) in [5.74, 6) is -0.208. The number of nitrogens with one attached hydrogen (secondary N) is 1. The Bertz CT molecular complexity index is 625. The highest BCUT2D eigenvalue weighted by atomic mass is 32.2. The molecule has 9 heteroatoms. The van der Waals surface area contributed by atoms with Gasteiger partial charge in [-0.15, -0.1) is 0 Å². The molecule has 124 valence electrons. The molecule has 1 aliphatic rings. The van der Waals surface area contributed by atoms with Gasteiger partial charge < -0.3 is 14.5 Å². The van der Waals surface area contributed by atoms with Gasteiger partial charge in [-0.3, -0.25) is 4.79 Å². The van der Waals surface area contributed by atoms with Crippen LogP contribution >= 0.6 is 0 Å². The maximum Gasteiger partial charge on any atom is 0.273 e. The van der Waals surface area contributed by atoms with E-state index in [9.17, 15) is 13.2 Å². The van der Waals surface area contributed by atoms with Crippen LogP contribution in [0, 0.1) is 5.92 Å². The second-order valence-electron chi connectivity index (χ2n) is 5.42. The third kappa shape index (κ3) is 3.65. The van der Waals surface area contributed by atoms with Crippen LogP contribution in [0.5, 0.6) is 0 Å². The van der Waals surface area contributed by atoms with Gasteiger partial charge in [-0.2, -0.15) is 0 Å². The minimum atomic E-state index is -3.35. The second kappa shape index (κ2) is 6.76. The van der Waals surface area contributed by atoms with E-state index in [1.807, 2.05) is 6.92 Å². The van der Waals surface area contributed by atoms with E-state index >= 15 is 0 Å². The number of amides is 1. The average molecular weight is 331 g/mol. The summed E-state index contributed by atoms with van der Waals surface area (Å²) in [6, 6.07) is -0.358. The number of hydrogen-bond donors (Lipinski definition) is 1. The van der Waals surface area contributed by atoms with Gasteiger partial charge in [0.15, 0.2) is 12.1 Å². The van der Waals surface area contributed by atoms with Crippen LogP contribution in [0.25, 0.3) is 0 Å². The SMILES string of the molecule is CCc1ocnc1C(=O)N[C@H]1COC[C@H]1CS(=O)(=O)N(C)C. The summed E-state index contributed by atoms with van der Waals surface area (Å²) in [5.41, 5.74) is 0.239. The summed E-state index contributed by atoms with van der Waals surface area (Å²) in [6.45, 7) is 2.46. The van der Waals surface area contributed by atoms with Gasteiger partial charge in [-0.05, 0) is 0 Å². The van der Waals surface area contributed by atoms with E-state index in [4.69, 9.17) is 9.15 Å². The maximum atomic E-state index is 12.2. The molecule has 0 unspecified atom stereocenters. The zero-order valence-corrected chi connectivity index (χ0v) is 13.7. The number of aromatic nitrogens is 1. The first-order valence-electron chi connectivity index (χ1n) is 7.06. The molecule has 1 aromatic heterocycles. The van der Waals surface area contributed by atoms with Gasteiger partial charge in [0, 0.05) is 26.4 Å². The van der Waals surface area contributed by atoms with Gasteiger partial charge in [0.25, 0.3) is 5.91 Å². The minimum absolute atomic E-state index is 0.0651. The van der Waals surface area contributed by atoms with Crippen molar-refractivity contribution in [3.8, 4) is 0 Å². The first kappa shape index (κ1) is 16.9. The van der Waals surface area contributed by atoms with Crippen molar-refractivity contribution in [2.24, 2.45) is 5.92 Å². The third-order valence-electron chi connectivity index (χ3n) is 3.67. The molecule has 0 bridgehead atoms. The summed E-state index contributed by atoms with van der Waals surface area (Å²) in [7, 11) is -0.374. The van der Waals surface area contributed by atoms with Crippen LogP contribution in [0.4, 0.5) is 0 Å². The van der Waals surface area contributed by atoms with Crippen molar-refractivity contribution in [2.75, 3.05) is 33.1 Å². The molecule has 1 fully saturated rings. The van der Waals surface area contributed by atoms with Crippen LogP contribution in [-0.4, -0.2) is 62.7 Å². The second-order valence-corrected chi connectivity index (χ2v) is 7.64. The van der Waals surface area contributed by atoms with Gasteiger partial charge in [0.05, 0.1) is 25.0 Å². The van der Waals surface area contributed by atoms with Crippen LogP contribution in [-0.2, 0) is 21.2 Å². The number of sulfonamides is 1. The van der Waals surface area contributed by atoms with Crippen LogP contribution in [0.3, 0.4) is 0 Å². The van der Waals surface area contributed by atoms with Crippen LogP contribution < -0.4 is 5.32 Å². The molecule has 1 aliphatic heterocycles. The van der Waals surface area contributed by atoms with Gasteiger partial charge >= 0.3 is 0 Å². The lowest BCUT2D eigenvalue weighted by Crippen LogP contribution is -2.43. The number of oxazole rings is 1. The standard InChI is InChI=1S/C13H21N3O5S/c1-4-11-12(14-8-21-11)13(17)15-10-6-20-5-9(10)7-22(18,19)16(2)3/h8-10H,4-7H2,1-3H3,(H,15,17)/t9-,10-/m0/s1. The van der Waals surface area contributed by atoms with Gasteiger partial charge in [0.2, 0.25) is 10.0 Å². The number of rotatable bonds is 6. The highest BCUT2D eigenvalue weighted by Crippen LogP contribution is 2.18. The normalized spacial score (nSPS) is 22.2. The van der Waals surface area contributed by atoms with E-state index in [1.54, 1.807) is 0 Å². The van der Waals surface area contributed by atoms with Crippen molar-refractivity contribution in [1.29, 1.82) is 0 Å².